The predicted molar refractivity (Wildman–Crippen MR) is 141 cm³/mol. The fourth-order valence-corrected chi connectivity index (χ4v) is 5.25. The van der Waals surface area contributed by atoms with Crippen molar-refractivity contribution in [2.45, 2.75) is 25.9 Å². The number of benzene rings is 1. The number of pyridine rings is 1. The van der Waals surface area contributed by atoms with Gasteiger partial charge >= 0.3 is 5.97 Å². The third-order valence-corrected chi connectivity index (χ3v) is 6.93. The van der Waals surface area contributed by atoms with Crippen LogP contribution in [0.3, 0.4) is 0 Å². The fraction of sp³-hybridized carbons (Fsp3) is 0.280. The highest BCUT2D eigenvalue weighted by Crippen LogP contribution is 2.34. The molecule has 0 saturated carbocycles. The van der Waals surface area contributed by atoms with Gasteiger partial charge in [0.15, 0.2) is 0 Å². The van der Waals surface area contributed by atoms with Crippen molar-refractivity contribution in [2.24, 2.45) is 5.92 Å². The van der Waals surface area contributed by atoms with E-state index in [0.29, 0.717) is 45.3 Å². The van der Waals surface area contributed by atoms with Crippen molar-refractivity contribution in [1.29, 1.82) is 0 Å². The molecule has 1 fully saturated rings. The van der Waals surface area contributed by atoms with E-state index in [9.17, 15) is 14.4 Å². The molecule has 1 aromatic carbocycles. The van der Waals surface area contributed by atoms with E-state index in [1.54, 1.807) is 45.9 Å². The molecule has 1 saturated heterocycles. The summed E-state index contributed by atoms with van der Waals surface area (Å²) in [5, 5.41) is 3.98. The molecule has 3 N–H and O–H groups in total. The number of ether oxygens (including phenoxy) is 1. The number of methoxy groups -OCH3 is 1. The summed E-state index contributed by atoms with van der Waals surface area (Å²) in [5.41, 5.74) is 7.33. The maximum Gasteiger partial charge on any atom is 0.340 e. The van der Waals surface area contributed by atoms with Crippen LogP contribution in [0, 0.1) is 5.92 Å². The van der Waals surface area contributed by atoms with Gasteiger partial charge in [-0.3, -0.25) is 9.59 Å². The van der Waals surface area contributed by atoms with Gasteiger partial charge < -0.3 is 25.3 Å². The maximum absolute atomic E-state index is 13.7. The van der Waals surface area contributed by atoms with E-state index < -0.39 is 12.0 Å². The molecule has 4 aromatic rings. The minimum atomic E-state index is -0.670. The number of fused-ring (bicyclic) bond motifs is 3. The van der Waals surface area contributed by atoms with Crippen LogP contribution < -0.4 is 11.1 Å². The van der Waals surface area contributed by atoms with Crippen LogP contribution in [0.1, 0.15) is 23.7 Å². The summed E-state index contributed by atoms with van der Waals surface area (Å²) in [6.07, 6.45) is 1.83. The summed E-state index contributed by atoms with van der Waals surface area (Å²) in [7, 11) is 1.29. The molecule has 5 rings (SSSR count). The van der Waals surface area contributed by atoms with Gasteiger partial charge in [-0.25, -0.2) is 19.7 Å². The Morgan fingerprint density at radius 2 is 1.97 bits per heavy atom. The molecule has 11 nitrogen and oxygen atoms in total. The Morgan fingerprint density at radius 3 is 2.73 bits per heavy atom. The third-order valence-electron chi connectivity index (χ3n) is 6.49. The summed E-state index contributed by atoms with van der Waals surface area (Å²) in [4.78, 5) is 53.8. The van der Waals surface area contributed by atoms with Gasteiger partial charge in [0.05, 0.1) is 23.6 Å². The highest BCUT2D eigenvalue weighted by molar-refractivity contribution is 9.10. The number of likely N-dealkylation sites (tertiary alicyclic amines) is 1. The largest absolute Gasteiger partial charge is 0.465 e. The molecule has 0 radical (unpaired) electrons. The van der Waals surface area contributed by atoms with Crippen molar-refractivity contribution in [3.8, 4) is 0 Å². The number of hydrogen-bond acceptors (Lipinski definition) is 8. The molecular formula is C25H24BrN7O4. The van der Waals surface area contributed by atoms with Gasteiger partial charge in [-0.15, -0.1) is 0 Å². The molecule has 190 valence electrons. The Morgan fingerprint density at radius 1 is 1.19 bits per heavy atom. The van der Waals surface area contributed by atoms with Crippen LogP contribution >= 0.6 is 15.9 Å². The molecule has 1 aliphatic heterocycles. The lowest BCUT2D eigenvalue weighted by Crippen LogP contribution is -2.44. The average Bonchev–Trinajstić information content (AvgIpc) is 3.42. The van der Waals surface area contributed by atoms with Gasteiger partial charge in [-0.05, 0) is 46.5 Å². The Balaban J connectivity index is 1.52. The van der Waals surface area contributed by atoms with Crippen molar-refractivity contribution >= 4 is 67.3 Å². The number of rotatable bonds is 5. The van der Waals surface area contributed by atoms with E-state index in [0.717, 1.165) is 0 Å². The Bertz CT molecular complexity index is 1550. The van der Waals surface area contributed by atoms with Crippen molar-refractivity contribution in [2.75, 3.05) is 24.7 Å². The first-order valence-corrected chi connectivity index (χ1v) is 12.4. The lowest BCUT2D eigenvalue weighted by molar-refractivity contribution is -0.137. The number of carbonyl (C=O) groups is 3. The molecule has 3 aromatic heterocycles. The minimum Gasteiger partial charge on any atom is -0.465 e. The van der Waals surface area contributed by atoms with Crippen LogP contribution in [0.2, 0.25) is 0 Å². The molecular weight excluding hydrogens is 542 g/mol. The van der Waals surface area contributed by atoms with Crippen LogP contribution in [0.25, 0.3) is 21.9 Å². The summed E-state index contributed by atoms with van der Waals surface area (Å²) in [5.74, 6) is -0.408. The number of esters is 1. The summed E-state index contributed by atoms with van der Waals surface area (Å²) in [6, 6.07) is 9.67. The second kappa shape index (κ2) is 9.77. The zero-order chi connectivity index (χ0) is 26.3. The van der Waals surface area contributed by atoms with E-state index in [-0.39, 0.29) is 35.7 Å². The van der Waals surface area contributed by atoms with Crippen molar-refractivity contribution in [3.05, 3.63) is 52.9 Å². The number of amides is 2. The number of carbonyl (C=O) groups excluding carboxylic acids is 3. The minimum absolute atomic E-state index is 0.122. The van der Waals surface area contributed by atoms with E-state index in [2.05, 4.69) is 36.2 Å². The van der Waals surface area contributed by atoms with E-state index in [4.69, 9.17) is 10.5 Å². The second-order valence-corrected chi connectivity index (χ2v) is 9.79. The van der Waals surface area contributed by atoms with Gasteiger partial charge in [-0.1, -0.05) is 25.1 Å². The van der Waals surface area contributed by atoms with Crippen molar-refractivity contribution < 1.29 is 19.1 Å². The summed E-state index contributed by atoms with van der Waals surface area (Å²) >= 11 is 3.30. The average molecular weight is 566 g/mol. The Hall–Kier alpha value is -4.06. The number of aromatic nitrogens is 4. The van der Waals surface area contributed by atoms with E-state index >= 15 is 0 Å². The topological polar surface area (TPSA) is 145 Å². The van der Waals surface area contributed by atoms with Crippen LogP contribution in [0.5, 0.6) is 0 Å². The molecule has 2 atom stereocenters. The van der Waals surface area contributed by atoms with Gasteiger partial charge in [0.1, 0.15) is 40.8 Å². The van der Waals surface area contributed by atoms with Crippen molar-refractivity contribution in [3.63, 3.8) is 0 Å². The number of halogens is 1. The number of hydrogen-bond donors (Lipinski definition) is 2. The number of nitrogen functional groups attached to an aromatic ring is 1. The molecule has 0 aliphatic carbocycles. The number of nitrogens with one attached hydrogen (secondary N) is 1. The van der Waals surface area contributed by atoms with E-state index in [1.807, 2.05) is 6.92 Å². The van der Waals surface area contributed by atoms with Gasteiger partial charge in [0, 0.05) is 11.9 Å². The predicted octanol–water partition coefficient (Wildman–Crippen LogP) is 2.99. The molecule has 2 amide bonds. The zero-order valence-electron chi connectivity index (χ0n) is 20.1. The smallest absolute Gasteiger partial charge is 0.340 e. The third kappa shape index (κ3) is 4.48. The lowest BCUT2D eigenvalue weighted by Gasteiger charge is -2.24. The highest BCUT2D eigenvalue weighted by atomic mass is 79.9. The second-order valence-electron chi connectivity index (χ2n) is 8.97. The van der Waals surface area contributed by atoms with Gasteiger partial charge in [0.2, 0.25) is 11.8 Å². The summed E-state index contributed by atoms with van der Waals surface area (Å²) in [6.45, 7) is 2.26. The molecule has 0 bridgehead atoms. The first kappa shape index (κ1) is 24.6. The molecule has 4 heterocycles. The Kier molecular flexibility index (Phi) is 6.50. The van der Waals surface area contributed by atoms with Gasteiger partial charge in [-0.2, -0.15) is 0 Å². The number of para-hydroxylation sites is 1. The lowest BCUT2D eigenvalue weighted by atomic mass is 10.1. The maximum atomic E-state index is 13.7. The zero-order valence-corrected chi connectivity index (χ0v) is 21.7. The fourth-order valence-electron chi connectivity index (χ4n) is 4.91. The van der Waals surface area contributed by atoms with Crippen LogP contribution in [-0.2, 0) is 20.9 Å². The molecule has 0 unspecified atom stereocenters. The van der Waals surface area contributed by atoms with Gasteiger partial charge in [0.25, 0.3) is 0 Å². The quantitative estimate of drug-likeness (QED) is 0.277. The normalized spacial score (nSPS) is 17.3. The van der Waals surface area contributed by atoms with Crippen LogP contribution in [0.4, 0.5) is 11.6 Å². The van der Waals surface area contributed by atoms with Crippen LogP contribution in [0.15, 0.2) is 47.3 Å². The number of anilines is 2. The molecule has 1 aliphatic rings. The first-order valence-electron chi connectivity index (χ1n) is 11.6. The molecule has 12 heteroatoms. The van der Waals surface area contributed by atoms with Crippen LogP contribution in [-0.4, -0.2) is 61.9 Å². The molecule has 0 spiro atoms. The van der Waals surface area contributed by atoms with Crippen molar-refractivity contribution in [1.82, 2.24) is 24.4 Å². The first-order chi connectivity index (χ1) is 17.8. The van der Waals surface area contributed by atoms with E-state index in [1.165, 1.54) is 13.4 Å². The SMILES string of the molecule is COC(=O)c1cccc2c3c(N)ncnc3n(CC(=O)N3C[C@H](C)C[C@H]3C(=O)Nc3cccc(Br)n3)c12. The number of nitrogens with zero attached hydrogens (tertiary/aromatic N) is 5. The number of nitrogens with two attached hydrogens (primary N) is 1. The Labute approximate surface area is 220 Å². The monoisotopic (exact) mass is 565 g/mol. The molecule has 37 heavy (non-hydrogen) atoms. The summed E-state index contributed by atoms with van der Waals surface area (Å²) < 4.78 is 7.21. The standard InChI is InChI=1S/C25H24BrN7O4/c1-13-9-16(24(35)31-18-8-4-7-17(26)30-18)32(10-13)19(34)11-33-21-14(5-3-6-15(21)25(36)37-2)20-22(27)28-12-29-23(20)33/h3-8,12-13,16H,9-11H2,1-2H3,(H2,27,28,29)(H,30,31,35)/t13-,16+/m1/s1. The highest BCUT2D eigenvalue weighted by Gasteiger charge is 2.38.